The van der Waals surface area contributed by atoms with Gasteiger partial charge in [0.2, 0.25) is 0 Å². The van der Waals surface area contributed by atoms with E-state index in [0.29, 0.717) is 11.2 Å². The average molecular weight is 224 g/mol. The van der Waals surface area contributed by atoms with Crippen LogP contribution in [-0.2, 0) is 0 Å². The lowest BCUT2D eigenvalue weighted by Gasteiger charge is -2.26. The Balaban J connectivity index is 1.85. The van der Waals surface area contributed by atoms with Gasteiger partial charge in [0.25, 0.3) is 0 Å². The van der Waals surface area contributed by atoms with Crippen LogP contribution in [0, 0.1) is 5.92 Å². The molecule has 1 aromatic heterocycles. The molecule has 4 heteroatoms. The second-order valence-corrected chi connectivity index (χ2v) is 4.79. The molecule has 3 nitrogen and oxygen atoms in total. The summed E-state index contributed by atoms with van der Waals surface area (Å²) in [6.07, 6.45) is 3.19. The van der Waals surface area contributed by atoms with Crippen LogP contribution in [-0.4, -0.2) is 30.7 Å². The number of hydrogen-bond donors (Lipinski definition) is 1. The first-order chi connectivity index (χ1) is 7.33. The summed E-state index contributed by atoms with van der Waals surface area (Å²) in [5.41, 5.74) is 1.20. The minimum absolute atomic E-state index is 0.569. The zero-order chi connectivity index (χ0) is 10.3. The second-order valence-electron chi connectivity index (χ2n) is 4.41. The molecule has 0 aliphatic carbocycles. The number of aromatic nitrogens is 1. The largest absolute Gasteiger partial charge is 0.366 e. The predicted molar refractivity (Wildman–Crippen MR) is 61.4 cm³/mol. The number of fused-ring (bicyclic) bond motifs is 2. The standard InChI is InChI=1S/C11H14ClN3/c12-11-2-1-9(6-14-11)15-7-8-3-10(15)5-13-4-8/h1-2,6,8,10,13H,3-5,7H2/t8-,10-/m1/s1. The average Bonchev–Trinajstić information content (AvgIpc) is 2.55. The van der Waals surface area contributed by atoms with E-state index < -0.39 is 0 Å². The van der Waals surface area contributed by atoms with Crippen LogP contribution in [0.5, 0.6) is 0 Å². The van der Waals surface area contributed by atoms with Crippen molar-refractivity contribution in [2.24, 2.45) is 5.92 Å². The Hall–Kier alpha value is -0.800. The second kappa shape index (κ2) is 3.65. The minimum atomic E-state index is 0.569. The molecule has 0 aromatic carbocycles. The molecule has 0 amide bonds. The molecule has 3 rings (SSSR count). The lowest BCUT2D eigenvalue weighted by atomic mass is 10.0. The normalized spacial score (nSPS) is 29.5. The van der Waals surface area contributed by atoms with E-state index in [1.807, 2.05) is 12.3 Å². The van der Waals surface area contributed by atoms with Crippen molar-refractivity contribution in [1.29, 1.82) is 0 Å². The maximum absolute atomic E-state index is 5.79. The number of nitrogens with one attached hydrogen (secondary N) is 1. The van der Waals surface area contributed by atoms with E-state index in [2.05, 4.69) is 21.3 Å². The van der Waals surface area contributed by atoms with Crippen LogP contribution >= 0.6 is 11.6 Å². The van der Waals surface area contributed by atoms with Gasteiger partial charge in [-0.05, 0) is 31.0 Å². The summed E-state index contributed by atoms with van der Waals surface area (Å²) in [5, 5.41) is 4.04. The van der Waals surface area contributed by atoms with Gasteiger partial charge < -0.3 is 10.2 Å². The lowest BCUT2D eigenvalue weighted by Crippen LogP contribution is -2.39. The zero-order valence-electron chi connectivity index (χ0n) is 8.49. The summed E-state index contributed by atoms with van der Waals surface area (Å²) in [4.78, 5) is 6.59. The highest BCUT2D eigenvalue weighted by Crippen LogP contribution is 2.30. The van der Waals surface area contributed by atoms with Gasteiger partial charge in [-0.1, -0.05) is 11.6 Å². The number of anilines is 1. The number of hydrogen-bond acceptors (Lipinski definition) is 3. The minimum Gasteiger partial charge on any atom is -0.366 e. The molecule has 2 atom stereocenters. The van der Waals surface area contributed by atoms with Crippen molar-refractivity contribution in [3.05, 3.63) is 23.5 Å². The Labute approximate surface area is 94.4 Å². The first kappa shape index (κ1) is 9.43. The van der Waals surface area contributed by atoms with E-state index >= 15 is 0 Å². The van der Waals surface area contributed by atoms with Gasteiger partial charge in [0.1, 0.15) is 5.15 Å². The highest BCUT2D eigenvalue weighted by Gasteiger charge is 2.35. The molecule has 0 unspecified atom stereocenters. The molecule has 15 heavy (non-hydrogen) atoms. The van der Waals surface area contributed by atoms with Crippen molar-refractivity contribution in [3.8, 4) is 0 Å². The molecule has 2 saturated heterocycles. The highest BCUT2D eigenvalue weighted by molar-refractivity contribution is 6.29. The number of halogens is 1. The molecular weight excluding hydrogens is 210 g/mol. The number of piperidine rings is 1. The first-order valence-electron chi connectivity index (χ1n) is 5.42. The highest BCUT2D eigenvalue weighted by atomic mass is 35.5. The predicted octanol–water partition coefficient (Wildman–Crippen LogP) is 1.53. The van der Waals surface area contributed by atoms with E-state index in [1.54, 1.807) is 0 Å². The Kier molecular flexibility index (Phi) is 2.29. The Morgan fingerprint density at radius 1 is 1.40 bits per heavy atom. The van der Waals surface area contributed by atoms with Crippen molar-refractivity contribution in [1.82, 2.24) is 10.3 Å². The number of nitrogens with zero attached hydrogens (tertiary/aromatic N) is 2. The topological polar surface area (TPSA) is 28.2 Å². The van der Waals surface area contributed by atoms with Gasteiger partial charge in [-0.2, -0.15) is 0 Å². The quantitative estimate of drug-likeness (QED) is 0.732. The van der Waals surface area contributed by atoms with Gasteiger partial charge >= 0.3 is 0 Å². The summed E-state index contributed by atoms with van der Waals surface area (Å²) in [7, 11) is 0. The van der Waals surface area contributed by atoms with Crippen LogP contribution in [0.3, 0.4) is 0 Å². The van der Waals surface area contributed by atoms with Crippen LogP contribution in [0.4, 0.5) is 5.69 Å². The third-order valence-corrected chi connectivity index (χ3v) is 3.58. The molecule has 80 valence electrons. The molecule has 0 saturated carbocycles. The van der Waals surface area contributed by atoms with Crippen molar-refractivity contribution < 1.29 is 0 Å². The molecule has 1 aromatic rings. The van der Waals surface area contributed by atoms with Crippen LogP contribution in [0.15, 0.2) is 18.3 Å². The van der Waals surface area contributed by atoms with Crippen molar-refractivity contribution >= 4 is 17.3 Å². The van der Waals surface area contributed by atoms with Crippen LogP contribution in [0.2, 0.25) is 5.15 Å². The Morgan fingerprint density at radius 2 is 2.33 bits per heavy atom. The summed E-state index contributed by atoms with van der Waals surface area (Å²) in [6, 6.07) is 4.58. The van der Waals surface area contributed by atoms with Crippen molar-refractivity contribution in [2.75, 3.05) is 24.5 Å². The fourth-order valence-electron chi connectivity index (χ4n) is 2.66. The van der Waals surface area contributed by atoms with E-state index in [0.717, 1.165) is 25.6 Å². The van der Waals surface area contributed by atoms with E-state index in [4.69, 9.17) is 11.6 Å². The van der Waals surface area contributed by atoms with Crippen LogP contribution in [0.25, 0.3) is 0 Å². The molecule has 2 aliphatic rings. The van der Waals surface area contributed by atoms with Gasteiger partial charge in [0.05, 0.1) is 11.9 Å². The SMILES string of the molecule is Clc1ccc(N2C[C@H]3CNC[C@H]2C3)cn1. The van der Waals surface area contributed by atoms with E-state index in [1.165, 1.54) is 12.1 Å². The molecule has 0 spiro atoms. The summed E-state index contributed by atoms with van der Waals surface area (Å²) < 4.78 is 0. The third kappa shape index (κ3) is 1.70. The van der Waals surface area contributed by atoms with Gasteiger partial charge in [-0.25, -0.2) is 4.98 Å². The number of pyridine rings is 1. The molecule has 3 heterocycles. The molecule has 2 aliphatic heterocycles. The van der Waals surface area contributed by atoms with Crippen LogP contribution in [0.1, 0.15) is 6.42 Å². The first-order valence-corrected chi connectivity index (χ1v) is 5.79. The fraction of sp³-hybridized carbons (Fsp3) is 0.545. The van der Waals surface area contributed by atoms with Gasteiger partial charge in [-0.15, -0.1) is 0 Å². The fourth-order valence-corrected chi connectivity index (χ4v) is 2.78. The smallest absolute Gasteiger partial charge is 0.129 e. The zero-order valence-corrected chi connectivity index (χ0v) is 9.24. The molecule has 1 N–H and O–H groups in total. The van der Waals surface area contributed by atoms with Crippen molar-refractivity contribution in [2.45, 2.75) is 12.5 Å². The van der Waals surface area contributed by atoms with Gasteiger partial charge in [-0.3, -0.25) is 0 Å². The maximum Gasteiger partial charge on any atom is 0.129 e. The molecular formula is C11H14ClN3. The molecule has 2 bridgehead atoms. The lowest BCUT2D eigenvalue weighted by molar-refractivity contribution is 0.434. The van der Waals surface area contributed by atoms with Gasteiger partial charge in [0.15, 0.2) is 0 Å². The maximum atomic E-state index is 5.79. The number of rotatable bonds is 1. The summed E-state index contributed by atoms with van der Waals surface area (Å²) in [6.45, 7) is 3.41. The van der Waals surface area contributed by atoms with E-state index in [9.17, 15) is 0 Å². The molecule has 0 radical (unpaired) electrons. The Morgan fingerprint density at radius 3 is 3.07 bits per heavy atom. The van der Waals surface area contributed by atoms with Crippen LogP contribution < -0.4 is 10.2 Å². The molecule has 2 fully saturated rings. The van der Waals surface area contributed by atoms with E-state index in [-0.39, 0.29) is 0 Å². The third-order valence-electron chi connectivity index (χ3n) is 3.36. The monoisotopic (exact) mass is 223 g/mol. The summed E-state index contributed by atoms with van der Waals surface area (Å²) in [5.74, 6) is 0.805. The summed E-state index contributed by atoms with van der Waals surface area (Å²) >= 11 is 5.79. The van der Waals surface area contributed by atoms with Gasteiger partial charge in [0, 0.05) is 19.1 Å². The Bertz CT molecular complexity index is 351. The van der Waals surface area contributed by atoms with Crippen molar-refractivity contribution in [3.63, 3.8) is 0 Å².